The standard InChI is InChI=1S/C15H28O2/c1-3-12-6-4-5-7-14(12)15(16)10-8-13(17-2)9-11-15/h12-14,16H,3-11H2,1-2H3. The van der Waals surface area contributed by atoms with Crippen molar-refractivity contribution < 1.29 is 9.84 Å². The maximum absolute atomic E-state index is 11.0. The quantitative estimate of drug-likeness (QED) is 0.818. The molecule has 0 aliphatic heterocycles. The highest BCUT2D eigenvalue weighted by atomic mass is 16.5. The Morgan fingerprint density at radius 2 is 1.76 bits per heavy atom. The molecule has 2 heteroatoms. The van der Waals surface area contributed by atoms with E-state index in [9.17, 15) is 5.11 Å². The van der Waals surface area contributed by atoms with Crippen molar-refractivity contribution in [3.8, 4) is 0 Å². The maximum Gasteiger partial charge on any atom is 0.0680 e. The van der Waals surface area contributed by atoms with Gasteiger partial charge in [-0.1, -0.05) is 32.6 Å². The van der Waals surface area contributed by atoms with Crippen LogP contribution in [0.1, 0.15) is 64.7 Å². The van der Waals surface area contributed by atoms with Crippen molar-refractivity contribution in [2.45, 2.75) is 76.4 Å². The number of hydrogen-bond donors (Lipinski definition) is 1. The lowest BCUT2D eigenvalue weighted by Crippen LogP contribution is -2.46. The first-order valence-corrected chi connectivity index (χ1v) is 7.45. The maximum atomic E-state index is 11.0. The zero-order chi connectivity index (χ0) is 12.3. The first-order chi connectivity index (χ1) is 8.19. The molecular weight excluding hydrogens is 212 g/mol. The Kier molecular flexibility index (Phi) is 4.48. The van der Waals surface area contributed by atoms with E-state index in [1.807, 2.05) is 0 Å². The van der Waals surface area contributed by atoms with Crippen molar-refractivity contribution in [3.63, 3.8) is 0 Å². The molecule has 2 rings (SSSR count). The minimum absolute atomic E-state index is 0.379. The Balaban J connectivity index is 1.99. The molecule has 1 N–H and O–H groups in total. The molecule has 0 radical (unpaired) electrons. The molecule has 17 heavy (non-hydrogen) atoms. The Labute approximate surface area is 106 Å². The molecule has 2 aliphatic rings. The van der Waals surface area contributed by atoms with Crippen LogP contribution in [0.15, 0.2) is 0 Å². The van der Waals surface area contributed by atoms with Crippen molar-refractivity contribution in [2.75, 3.05) is 7.11 Å². The lowest BCUT2D eigenvalue weighted by molar-refractivity contribution is -0.106. The number of hydrogen-bond acceptors (Lipinski definition) is 2. The fourth-order valence-corrected chi connectivity index (χ4v) is 4.10. The first-order valence-electron chi connectivity index (χ1n) is 7.45. The zero-order valence-electron chi connectivity index (χ0n) is 11.5. The minimum Gasteiger partial charge on any atom is -0.390 e. The van der Waals surface area contributed by atoms with Crippen LogP contribution in [0.2, 0.25) is 0 Å². The molecule has 0 bridgehead atoms. The normalized spacial score (nSPS) is 43.6. The topological polar surface area (TPSA) is 29.5 Å². The summed E-state index contributed by atoms with van der Waals surface area (Å²) in [5.74, 6) is 1.31. The Hall–Kier alpha value is -0.0800. The predicted molar refractivity (Wildman–Crippen MR) is 70.0 cm³/mol. The van der Waals surface area contributed by atoms with Gasteiger partial charge in [0.15, 0.2) is 0 Å². The van der Waals surface area contributed by atoms with Gasteiger partial charge in [0.1, 0.15) is 0 Å². The van der Waals surface area contributed by atoms with Gasteiger partial charge in [0.2, 0.25) is 0 Å². The molecule has 2 fully saturated rings. The average molecular weight is 240 g/mol. The SMILES string of the molecule is CCC1CCCCC1C1(O)CCC(OC)CC1. The number of rotatable bonds is 3. The van der Waals surface area contributed by atoms with Gasteiger partial charge in [-0.15, -0.1) is 0 Å². The lowest BCUT2D eigenvalue weighted by Gasteiger charge is -2.46. The molecule has 0 spiro atoms. The number of aliphatic hydroxyl groups is 1. The van der Waals surface area contributed by atoms with Gasteiger partial charge >= 0.3 is 0 Å². The second-order valence-corrected chi connectivity index (χ2v) is 6.10. The third-order valence-electron chi connectivity index (χ3n) is 5.26. The van der Waals surface area contributed by atoms with Crippen LogP contribution in [-0.2, 0) is 4.74 Å². The highest BCUT2D eigenvalue weighted by Gasteiger charge is 2.43. The molecule has 2 nitrogen and oxygen atoms in total. The van der Waals surface area contributed by atoms with E-state index in [2.05, 4.69) is 6.92 Å². The van der Waals surface area contributed by atoms with E-state index >= 15 is 0 Å². The monoisotopic (exact) mass is 240 g/mol. The zero-order valence-corrected chi connectivity index (χ0v) is 11.5. The van der Waals surface area contributed by atoms with Crippen LogP contribution in [0.3, 0.4) is 0 Å². The van der Waals surface area contributed by atoms with Gasteiger partial charge in [0.05, 0.1) is 11.7 Å². The van der Waals surface area contributed by atoms with Crippen LogP contribution in [0.5, 0.6) is 0 Å². The van der Waals surface area contributed by atoms with Crippen LogP contribution >= 0.6 is 0 Å². The van der Waals surface area contributed by atoms with E-state index in [1.165, 1.54) is 32.1 Å². The van der Waals surface area contributed by atoms with Crippen molar-refractivity contribution >= 4 is 0 Å². The summed E-state index contributed by atoms with van der Waals surface area (Å²) in [7, 11) is 1.80. The summed E-state index contributed by atoms with van der Waals surface area (Å²) in [5.41, 5.74) is -0.379. The van der Waals surface area contributed by atoms with Gasteiger partial charge in [0.25, 0.3) is 0 Å². The lowest BCUT2D eigenvalue weighted by atomic mass is 9.64. The van der Waals surface area contributed by atoms with E-state index in [-0.39, 0.29) is 5.60 Å². The molecule has 2 aliphatic carbocycles. The van der Waals surface area contributed by atoms with Gasteiger partial charge < -0.3 is 9.84 Å². The summed E-state index contributed by atoms with van der Waals surface area (Å²) >= 11 is 0. The third-order valence-corrected chi connectivity index (χ3v) is 5.26. The Bertz CT molecular complexity index is 231. The van der Waals surface area contributed by atoms with Gasteiger partial charge in [-0.3, -0.25) is 0 Å². The summed E-state index contributed by atoms with van der Waals surface area (Å²) in [4.78, 5) is 0. The van der Waals surface area contributed by atoms with Crippen LogP contribution in [0.4, 0.5) is 0 Å². The smallest absolute Gasteiger partial charge is 0.0680 e. The van der Waals surface area contributed by atoms with E-state index in [0.717, 1.165) is 31.6 Å². The molecule has 2 atom stereocenters. The molecule has 0 aromatic carbocycles. The van der Waals surface area contributed by atoms with E-state index < -0.39 is 0 Å². The molecule has 2 unspecified atom stereocenters. The predicted octanol–water partition coefficient (Wildman–Crippen LogP) is 3.52. The molecule has 0 aromatic rings. The summed E-state index contributed by atoms with van der Waals surface area (Å²) < 4.78 is 5.41. The molecular formula is C15H28O2. The fourth-order valence-electron chi connectivity index (χ4n) is 4.10. The van der Waals surface area contributed by atoms with Gasteiger partial charge in [0, 0.05) is 7.11 Å². The molecule has 2 saturated carbocycles. The molecule has 0 amide bonds. The number of ether oxygens (including phenoxy) is 1. The van der Waals surface area contributed by atoms with E-state index in [1.54, 1.807) is 7.11 Å². The summed E-state index contributed by atoms with van der Waals surface area (Å²) in [6, 6.07) is 0. The highest BCUT2D eigenvalue weighted by molar-refractivity contribution is 4.95. The highest BCUT2D eigenvalue weighted by Crippen LogP contribution is 2.45. The first kappa shape index (κ1) is 13.4. The van der Waals surface area contributed by atoms with Gasteiger partial charge in [-0.25, -0.2) is 0 Å². The summed E-state index contributed by atoms with van der Waals surface area (Å²) in [6.07, 6.45) is 10.9. The van der Waals surface area contributed by atoms with Crippen LogP contribution < -0.4 is 0 Å². The number of methoxy groups -OCH3 is 1. The van der Waals surface area contributed by atoms with Crippen molar-refractivity contribution in [1.29, 1.82) is 0 Å². The van der Waals surface area contributed by atoms with Crippen LogP contribution in [0, 0.1) is 11.8 Å². The van der Waals surface area contributed by atoms with Gasteiger partial charge in [-0.05, 0) is 43.9 Å². The van der Waals surface area contributed by atoms with Crippen molar-refractivity contribution in [3.05, 3.63) is 0 Å². The summed E-state index contributed by atoms with van der Waals surface area (Å²) in [5, 5.41) is 11.0. The average Bonchev–Trinajstić information content (AvgIpc) is 2.39. The molecule has 0 heterocycles. The summed E-state index contributed by atoms with van der Waals surface area (Å²) in [6.45, 7) is 2.28. The Morgan fingerprint density at radius 1 is 1.12 bits per heavy atom. The Morgan fingerprint density at radius 3 is 2.35 bits per heavy atom. The van der Waals surface area contributed by atoms with Crippen molar-refractivity contribution in [2.24, 2.45) is 11.8 Å². The largest absolute Gasteiger partial charge is 0.390 e. The minimum atomic E-state index is -0.379. The van der Waals surface area contributed by atoms with E-state index in [0.29, 0.717) is 12.0 Å². The molecule has 0 saturated heterocycles. The molecule has 0 aromatic heterocycles. The van der Waals surface area contributed by atoms with Crippen molar-refractivity contribution in [1.82, 2.24) is 0 Å². The van der Waals surface area contributed by atoms with Crippen LogP contribution in [0.25, 0.3) is 0 Å². The van der Waals surface area contributed by atoms with E-state index in [4.69, 9.17) is 4.74 Å². The van der Waals surface area contributed by atoms with Gasteiger partial charge in [-0.2, -0.15) is 0 Å². The third kappa shape index (κ3) is 2.85. The molecule has 100 valence electrons. The van der Waals surface area contributed by atoms with Crippen LogP contribution in [-0.4, -0.2) is 23.9 Å². The second kappa shape index (κ2) is 5.71. The fraction of sp³-hybridized carbons (Fsp3) is 1.00. The second-order valence-electron chi connectivity index (χ2n) is 6.10.